The third-order valence-electron chi connectivity index (χ3n) is 3.40. The lowest BCUT2D eigenvalue weighted by Crippen LogP contribution is -2.41. The molecule has 1 aliphatic rings. The fourth-order valence-corrected chi connectivity index (χ4v) is 2.70. The zero-order chi connectivity index (χ0) is 13.8. The molecule has 0 bridgehead atoms. The Hall–Kier alpha value is -0.170. The molecule has 1 saturated carbocycles. The van der Waals surface area contributed by atoms with Crippen LogP contribution in [0.2, 0.25) is 0 Å². The van der Waals surface area contributed by atoms with Gasteiger partial charge in [-0.15, -0.1) is 0 Å². The minimum atomic E-state index is -3.30. The average Bonchev–Trinajstić information content (AvgIpc) is 3.00. The van der Waals surface area contributed by atoms with E-state index < -0.39 is 10.2 Å². The van der Waals surface area contributed by atoms with E-state index in [2.05, 4.69) is 30.8 Å². The minimum absolute atomic E-state index is 0.201. The van der Waals surface area contributed by atoms with Crippen LogP contribution in [-0.4, -0.2) is 45.4 Å². The zero-order valence-corrected chi connectivity index (χ0v) is 12.8. The van der Waals surface area contributed by atoms with Crippen LogP contribution < -0.4 is 10.0 Å². The molecule has 1 rings (SSSR count). The van der Waals surface area contributed by atoms with Crippen molar-refractivity contribution >= 4 is 10.2 Å². The molecule has 0 atom stereocenters. The van der Waals surface area contributed by atoms with Crippen LogP contribution in [0.25, 0.3) is 0 Å². The Bertz CT molecular complexity index is 350. The lowest BCUT2D eigenvalue weighted by atomic mass is 10.2. The van der Waals surface area contributed by atoms with E-state index in [1.54, 1.807) is 7.05 Å². The van der Waals surface area contributed by atoms with Gasteiger partial charge in [0, 0.05) is 26.2 Å². The molecular weight excluding hydrogens is 250 g/mol. The highest BCUT2D eigenvalue weighted by Gasteiger charge is 2.38. The molecule has 1 fully saturated rings. The first-order chi connectivity index (χ1) is 8.25. The Balaban J connectivity index is 2.23. The van der Waals surface area contributed by atoms with Crippen molar-refractivity contribution in [3.8, 4) is 0 Å². The van der Waals surface area contributed by atoms with E-state index in [4.69, 9.17) is 0 Å². The van der Waals surface area contributed by atoms with Gasteiger partial charge in [-0.2, -0.15) is 12.7 Å². The van der Waals surface area contributed by atoms with Crippen molar-refractivity contribution in [2.75, 3.05) is 26.7 Å². The molecule has 0 aromatic rings. The van der Waals surface area contributed by atoms with Crippen molar-refractivity contribution in [3.05, 3.63) is 0 Å². The van der Waals surface area contributed by atoms with Gasteiger partial charge in [-0.05, 0) is 31.2 Å². The maximum absolute atomic E-state index is 11.9. The number of rotatable bonds is 9. The number of nitrogens with zero attached hydrogens (tertiary/aromatic N) is 1. The Labute approximate surface area is 112 Å². The molecule has 0 aromatic heterocycles. The SMILES string of the molecule is CC(C)NCCCN(C)S(=O)(=O)NCC1(C)CC1. The normalized spacial score (nSPS) is 18.6. The monoisotopic (exact) mass is 277 g/mol. The van der Waals surface area contributed by atoms with E-state index in [1.807, 2.05) is 0 Å². The number of hydrogen-bond acceptors (Lipinski definition) is 3. The maximum Gasteiger partial charge on any atom is 0.279 e. The molecule has 0 amide bonds. The summed E-state index contributed by atoms with van der Waals surface area (Å²) in [4.78, 5) is 0. The molecule has 0 heterocycles. The Morgan fingerprint density at radius 2 is 1.94 bits per heavy atom. The Morgan fingerprint density at radius 3 is 2.44 bits per heavy atom. The quantitative estimate of drug-likeness (QED) is 0.617. The second kappa shape index (κ2) is 6.32. The summed E-state index contributed by atoms with van der Waals surface area (Å²) in [6, 6.07) is 0.444. The number of nitrogens with one attached hydrogen (secondary N) is 2. The van der Waals surface area contributed by atoms with Crippen LogP contribution in [-0.2, 0) is 10.2 Å². The highest BCUT2D eigenvalue weighted by atomic mass is 32.2. The van der Waals surface area contributed by atoms with Gasteiger partial charge in [-0.3, -0.25) is 0 Å². The van der Waals surface area contributed by atoms with Crippen LogP contribution in [0, 0.1) is 5.41 Å². The Morgan fingerprint density at radius 1 is 1.33 bits per heavy atom. The molecule has 6 heteroatoms. The molecule has 0 aromatic carbocycles. The van der Waals surface area contributed by atoms with Crippen LogP contribution in [0.3, 0.4) is 0 Å². The molecule has 0 saturated heterocycles. The van der Waals surface area contributed by atoms with Gasteiger partial charge >= 0.3 is 0 Å². The van der Waals surface area contributed by atoms with Gasteiger partial charge in [-0.1, -0.05) is 20.8 Å². The summed E-state index contributed by atoms with van der Waals surface area (Å²) in [7, 11) is -1.67. The van der Waals surface area contributed by atoms with Gasteiger partial charge < -0.3 is 5.32 Å². The van der Waals surface area contributed by atoms with Crippen LogP contribution >= 0.6 is 0 Å². The largest absolute Gasteiger partial charge is 0.314 e. The molecule has 0 unspecified atom stereocenters. The lowest BCUT2D eigenvalue weighted by Gasteiger charge is -2.19. The predicted octanol–water partition coefficient (Wildman–Crippen LogP) is 0.941. The molecule has 18 heavy (non-hydrogen) atoms. The van der Waals surface area contributed by atoms with Gasteiger partial charge in [0.15, 0.2) is 0 Å². The summed E-state index contributed by atoms with van der Waals surface area (Å²) in [5.41, 5.74) is 0.201. The third-order valence-corrected chi connectivity index (χ3v) is 4.91. The summed E-state index contributed by atoms with van der Waals surface area (Å²) in [5.74, 6) is 0. The molecule has 108 valence electrons. The number of hydrogen-bond donors (Lipinski definition) is 2. The smallest absolute Gasteiger partial charge is 0.279 e. The fourth-order valence-electron chi connectivity index (χ4n) is 1.58. The first-order valence-corrected chi connectivity index (χ1v) is 8.13. The molecule has 0 radical (unpaired) electrons. The lowest BCUT2D eigenvalue weighted by molar-refractivity contribution is 0.431. The van der Waals surface area contributed by atoms with Gasteiger partial charge in [0.05, 0.1) is 0 Å². The average molecular weight is 277 g/mol. The first kappa shape index (κ1) is 15.9. The first-order valence-electron chi connectivity index (χ1n) is 6.69. The van der Waals surface area contributed by atoms with Gasteiger partial charge in [0.25, 0.3) is 10.2 Å². The van der Waals surface area contributed by atoms with Crippen molar-refractivity contribution in [1.29, 1.82) is 0 Å². The minimum Gasteiger partial charge on any atom is -0.314 e. The summed E-state index contributed by atoms with van der Waals surface area (Å²) in [6.07, 6.45) is 3.07. The Kier molecular flexibility index (Phi) is 5.58. The maximum atomic E-state index is 11.9. The fraction of sp³-hybridized carbons (Fsp3) is 1.00. The summed E-state index contributed by atoms with van der Waals surface area (Å²) in [5, 5.41) is 3.28. The van der Waals surface area contributed by atoms with E-state index in [0.717, 1.165) is 25.8 Å². The topological polar surface area (TPSA) is 61.4 Å². The van der Waals surface area contributed by atoms with E-state index in [9.17, 15) is 8.42 Å². The van der Waals surface area contributed by atoms with Gasteiger partial charge in [0.1, 0.15) is 0 Å². The van der Waals surface area contributed by atoms with Crippen molar-refractivity contribution in [1.82, 2.24) is 14.3 Å². The third kappa shape index (κ3) is 5.65. The summed E-state index contributed by atoms with van der Waals surface area (Å²) in [6.45, 7) is 8.23. The van der Waals surface area contributed by atoms with Crippen LogP contribution in [0.1, 0.15) is 40.0 Å². The van der Waals surface area contributed by atoms with E-state index >= 15 is 0 Å². The standard InChI is InChI=1S/C12H27N3O2S/c1-11(2)13-8-5-9-15(4)18(16,17)14-10-12(3)6-7-12/h11,13-14H,5-10H2,1-4H3. The van der Waals surface area contributed by atoms with E-state index in [0.29, 0.717) is 19.1 Å². The van der Waals surface area contributed by atoms with Crippen molar-refractivity contribution in [3.63, 3.8) is 0 Å². The summed E-state index contributed by atoms with van der Waals surface area (Å²) >= 11 is 0. The van der Waals surface area contributed by atoms with Crippen molar-refractivity contribution < 1.29 is 8.42 Å². The molecule has 1 aliphatic carbocycles. The van der Waals surface area contributed by atoms with Crippen LogP contribution in [0.4, 0.5) is 0 Å². The van der Waals surface area contributed by atoms with Gasteiger partial charge in [0.2, 0.25) is 0 Å². The van der Waals surface area contributed by atoms with E-state index in [1.165, 1.54) is 4.31 Å². The van der Waals surface area contributed by atoms with Crippen molar-refractivity contribution in [2.45, 2.75) is 46.1 Å². The van der Waals surface area contributed by atoms with Crippen molar-refractivity contribution in [2.24, 2.45) is 5.41 Å². The second-order valence-electron chi connectivity index (χ2n) is 5.92. The van der Waals surface area contributed by atoms with Crippen LogP contribution in [0.15, 0.2) is 0 Å². The highest BCUT2D eigenvalue weighted by molar-refractivity contribution is 7.87. The molecular formula is C12H27N3O2S. The molecule has 0 aliphatic heterocycles. The van der Waals surface area contributed by atoms with Crippen LogP contribution in [0.5, 0.6) is 0 Å². The summed E-state index contributed by atoms with van der Waals surface area (Å²) < 4.78 is 27.9. The second-order valence-corrected chi connectivity index (χ2v) is 7.78. The zero-order valence-electron chi connectivity index (χ0n) is 12.0. The molecule has 0 spiro atoms. The van der Waals surface area contributed by atoms with E-state index in [-0.39, 0.29) is 5.41 Å². The predicted molar refractivity (Wildman–Crippen MR) is 74.6 cm³/mol. The molecule has 5 nitrogen and oxygen atoms in total. The molecule has 2 N–H and O–H groups in total. The highest BCUT2D eigenvalue weighted by Crippen LogP contribution is 2.44. The van der Waals surface area contributed by atoms with Gasteiger partial charge in [-0.25, -0.2) is 4.72 Å².